The smallest absolute Gasteiger partial charge is 0.356 e. The fraction of sp³-hybridized carbons (Fsp3) is 0.154. The molecular weight excluding hydrogens is 246 g/mol. The SMILES string of the molecule is COC(=O)c1cc(-c2ccc(O)c(C#N)c2)nn1C. The fourth-order valence-corrected chi connectivity index (χ4v) is 1.69. The van der Waals surface area contributed by atoms with Gasteiger partial charge in [0.25, 0.3) is 0 Å². The molecule has 1 heterocycles. The highest BCUT2D eigenvalue weighted by Crippen LogP contribution is 2.25. The third kappa shape index (κ3) is 2.26. The lowest BCUT2D eigenvalue weighted by Gasteiger charge is -1.99. The molecule has 1 N–H and O–H groups in total. The highest BCUT2D eigenvalue weighted by atomic mass is 16.5. The highest BCUT2D eigenvalue weighted by Gasteiger charge is 2.15. The molecule has 0 aliphatic rings. The third-order valence-corrected chi connectivity index (χ3v) is 2.69. The number of hydrogen-bond donors (Lipinski definition) is 1. The molecule has 0 saturated heterocycles. The van der Waals surface area contributed by atoms with Crippen LogP contribution in [-0.4, -0.2) is 28.0 Å². The summed E-state index contributed by atoms with van der Waals surface area (Å²) in [6.07, 6.45) is 0. The number of hydrogen-bond acceptors (Lipinski definition) is 5. The molecule has 2 aromatic rings. The minimum absolute atomic E-state index is 0.0876. The fourth-order valence-electron chi connectivity index (χ4n) is 1.69. The summed E-state index contributed by atoms with van der Waals surface area (Å²) in [5.74, 6) is -0.573. The van der Waals surface area contributed by atoms with E-state index in [4.69, 9.17) is 5.26 Å². The number of phenols is 1. The van der Waals surface area contributed by atoms with E-state index in [1.807, 2.05) is 6.07 Å². The Bertz CT molecular complexity index is 683. The van der Waals surface area contributed by atoms with E-state index < -0.39 is 5.97 Å². The van der Waals surface area contributed by atoms with E-state index in [2.05, 4.69) is 9.84 Å². The van der Waals surface area contributed by atoms with Crippen molar-refractivity contribution >= 4 is 5.97 Å². The van der Waals surface area contributed by atoms with E-state index in [1.165, 1.54) is 23.9 Å². The van der Waals surface area contributed by atoms with Gasteiger partial charge in [-0.05, 0) is 24.3 Å². The van der Waals surface area contributed by atoms with Crippen LogP contribution in [0.4, 0.5) is 0 Å². The van der Waals surface area contributed by atoms with E-state index >= 15 is 0 Å². The zero-order valence-corrected chi connectivity index (χ0v) is 10.4. The summed E-state index contributed by atoms with van der Waals surface area (Å²) in [5.41, 5.74) is 1.63. The van der Waals surface area contributed by atoms with Crippen molar-refractivity contribution in [2.24, 2.45) is 7.05 Å². The second kappa shape index (κ2) is 4.82. The van der Waals surface area contributed by atoms with Crippen LogP contribution in [0.1, 0.15) is 16.1 Å². The predicted molar refractivity (Wildman–Crippen MR) is 66.4 cm³/mol. The van der Waals surface area contributed by atoms with Crippen molar-refractivity contribution < 1.29 is 14.6 Å². The average molecular weight is 257 g/mol. The number of benzene rings is 1. The van der Waals surface area contributed by atoms with Crippen molar-refractivity contribution in [3.63, 3.8) is 0 Å². The molecule has 6 nitrogen and oxygen atoms in total. The molecule has 0 amide bonds. The van der Waals surface area contributed by atoms with Crippen molar-refractivity contribution in [3.8, 4) is 23.1 Å². The Morgan fingerprint density at radius 1 is 1.47 bits per heavy atom. The minimum atomic E-state index is -0.486. The van der Waals surface area contributed by atoms with Gasteiger partial charge in [-0.25, -0.2) is 4.79 Å². The maximum absolute atomic E-state index is 11.5. The van der Waals surface area contributed by atoms with Gasteiger partial charge in [0.2, 0.25) is 0 Å². The second-order valence-electron chi connectivity index (χ2n) is 3.87. The molecule has 1 aromatic carbocycles. The molecule has 0 atom stereocenters. The van der Waals surface area contributed by atoms with Crippen molar-refractivity contribution in [2.45, 2.75) is 0 Å². The van der Waals surface area contributed by atoms with Crippen LogP contribution in [0.2, 0.25) is 0 Å². The molecule has 96 valence electrons. The van der Waals surface area contributed by atoms with E-state index in [0.29, 0.717) is 17.0 Å². The first kappa shape index (κ1) is 12.6. The normalized spacial score (nSPS) is 9.95. The number of carbonyl (C=O) groups is 1. The van der Waals surface area contributed by atoms with Gasteiger partial charge >= 0.3 is 5.97 Å². The summed E-state index contributed by atoms with van der Waals surface area (Å²) in [6, 6.07) is 8.01. The Balaban J connectivity index is 2.49. The summed E-state index contributed by atoms with van der Waals surface area (Å²) < 4.78 is 6.04. The van der Waals surface area contributed by atoms with Crippen LogP contribution in [0.3, 0.4) is 0 Å². The minimum Gasteiger partial charge on any atom is -0.507 e. The predicted octanol–water partition coefficient (Wildman–Crippen LogP) is 1.45. The van der Waals surface area contributed by atoms with Gasteiger partial charge in [0.15, 0.2) is 0 Å². The first-order valence-corrected chi connectivity index (χ1v) is 5.42. The Labute approximate surface area is 109 Å². The molecule has 0 aliphatic carbocycles. The Hall–Kier alpha value is -2.81. The number of nitriles is 1. The largest absolute Gasteiger partial charge is 0.507 e. The monoisotopic (exact) mass is 257 g/mol. The number of methoxy groups -OCH3 is 1. The van der Waals surface area contributed by atoms with Crippen LogP contribution in [0.15, 0.2) is 24.3 Å². The summed E-state index contributed by atoms with van der Waals surface area (Å²) in [7, 11) is 2.92. The molecule has 0 radical (unpaired) electrons. The van der Waals surface area contributed by atoms with Gasteiger partial charge in [0.05, 0.1) is 18.4 Å². The van der Waals surface area contributed by atoms with Gasteiger partial charge in [0.1, 0.15) is 17.5 Å². The summed E-state index contributed by atoms with van der Waals surface area (Å²) in [5, 5.41) is 22.5. The summed E-state index contributed by atoms with van der Waals surface area (Å²) in [6.45, 7) is 0. The number of aromatic nitrogens is 2. The molecule has 0 aliphatic heterocycles. The van der Waals surface area contributed by atoms with E-state index in [9.17, 15) is 9.90 Å². The molecule has 0 bridgehead atoms. The number of ether oxygens (including phenoxy) is 1. The Morgan fingerprint density at radius 2 is 2.21 bits per heavy atom. The van der Waals surface area contributed by atoms with Crippen LogP contribution in [-0.2, 0) is 11.8 Å². The first-order valence-electron chi connectivity index (χ1n) is 5.42. The van der Waals surface area contributed by atoms with E-state index in [1.54, 1.807) is 19.2 Å². The van der Waals surface area contributed by atoms with E-state index in [0.717, 1.165) is 0 Å². The van der Waals surface area contributed by atoms with Gasteiger partial charge in [0, 0.05) is 12.6 Å². The number of carbonyl (C=O) groups excluding carboxylic acids is 1. The lowest BCUT2D eigenvalue weighted by molar-refractivity contribution is 0.0588. The maximum atomic E-state index is 11.5. The third-order valence-electron chi connectivity index (χ3n) is 2.69. The van der Waals surface area contributed by atoms with Gasteiger partial charge < -0.3 is 9.84 Å². The standard InChI is InChI=1S/C13H11N3O3/c1-16-11(13(18)19-2)6-10(15-16)8-3-4-12(17)9(5-8)7-14/h3-6,17H,1-2H3. The molecule has 0 saturated carbocycles. The van der Waals surface area contributed by atoms with E-state index in [-0.39, 0.29) is 11.3 Å². The van der Waals surface area contributed by atoms with Gasteiger partial charge in [-0.2, -0.15) is 10.4 Å². The Morgan fingerprint density at radius 3 is 2.84 bits per heavy atom. The lowest BCUT2D eigenvalue weighted by atomic mass is 10.1. The number of esters is 1. The zero-order chi connectivity index (χ0) is 14.0. The van der Waals surface area contributed by atoms with Crippen molar-refractivity contribution in [1.82, 2.24) is 9.78 Å². The van der Waals surface area contributed by atoms with Crippen LogP contribution < -0.4 is 0 Å². The zero-order valence-electron chi connectivity index (χ0n) is 10.4. The number of aryl methyl sites for hydroxylation is 1. The van der Waals surface area contributed by atoms with Crippen LogP contribution >= 0.6 is 0 Å². The van der Waals surface area contributed by atoms with Crippen LogP contribution in [0, 0.1) is 11.3 Å². The van der Waals surface area contributed by atoms with Crippen LogP contribution in [0.25, 0.3) is 11.3 Å². The average Bonchev–Trinajstić information content (AvgIpc) is 2.80. The van der Waals surface area contributed by atoms with Crippen molar-refractivity contribution in [3.05, 3.63) is 35.5 Å². The second-order valence-corrected chi connectivity index (χ2v) is 3.87. The molecule has 0 fully saturated rings. The highest BCUT2D eigenvalue weighted by molar-refractivity contribution is 5.89. The number of phenolic OH excluding ortho intramolecular Hbond substituents is 1. The lowest BCUT2D eigenvalue weighted by Crippen LogP contribution is -2.07. The van der Waals surface area contributed by atoms with Gasteiger partial charge in [-0.3, -0.25) is 4.68 Å². The van der Waals surface area contributed by atoms with Gasteiger partial charge in [-0.15, -0.1) is 0 Å². The Kier molecular flexibility index (Phi) is 3.21. The number of rotatable bonds is 2. The number of nitrogens with zero attached hydrogens (tertiary/aromatic N) is 3. The first-order chi connectivity index (χ1) is 9.06. The van der Waals surface area contributed by atoms with Crippen LogP contribution in [0.5, 0.6) is 5.75 Å². The topological polar surface area (TPSA) is 88.1 Å². The maximum Gasteiger partial charge on any atom is 0.356 e. The van der Waals surface area contributed by atoms with Crippen molar-refractivity contribution in [1.29, 1.82) is 5.26 Å². The van der Waals surface area contributed by atoms with Gasteiger partial charge in [-0.1, -0.05) is 0 Å². The number of aromatic hydroxyl groups is 1. The molecule has 1 aromatic heterocycles. The summed E-state index contributed by atoms with van der Waals surface area (Å²) >= 11 is 0. The quantitative estimate of drug-likeness (QED) is 0.822. The molecule has 19 heavy (non-hydrogen) atoms. The van der Waals surface area contributed by atoms with Crippen molar-refractivity contribution in [2.75, 3.05) is 7.11 Å². The molecule has 2 rings (SSSR count). The summed E-state index contributed by atoms with van der Waals surface area (Å²) in [4.78, 5) is 11.5. The molecule has 6 heteroatoms. The molecule has 0 spiro atoms. The molecular formula is C13H11N3O3. The molecule has 0 unspecified atom stereocenters.